The van der Waals surface area contributed by atoms with Crippen LogP contribution in [0, 0.1) is 6.92 Å². The predicted molar refractivity (Wildman–Crippen MR) is 105 cm³/mol. The zero-order valence-electron chi connectivity index (χ0n) is 14.5. The van der Waals surface area contributed by atoms with E-state index in [1.165, 1.54) is 27.9 Å². The second kappa shape index (κ2) is 7.13. The first kappa shape index (κ1) is 17.1. The van der Waals surface area contributed by atoms with Crippen LogP contribution in [0.5, 0.6) is 0 Å². The van der Waals surface area contributed by atoms with E-state index in [9.17, 15) is 9.59 Å². The van der Waals surface area contributed by atoms with Crippen LogP contribution in [-0.2, 0) is 16.1 Å². The molecule has 0 aliphatic carbocycles. The summed E-state index contributed by atoms with van der Waals surface area (Å²) in [7, 11) is 0. The van der Waals surface area contributed by atoms with Crippen LogP contribution in [0.25, 0.3) is 21.9 Å². The number of aromatic nitrogens is 3. The minimum absolute atomic E-state index is 0.0668. The van der Waals surface area contributed by atoms with Crippen LogP contribution >= 0.6 is 11.3 Å². The van der Waals surface area contributed by atoms with E-state index in [2.05, 4.69) is 9.97 Å². The van der Waals surface area contributed by atoms with Gasteiger partial charge < -0.3 is 4.74 Å². The van der Waals surface area contributed by atoms with Gasteiger partial charge in [-0.05, 0) is 37.3 Å². The van der Waals surface area contributed by atoms with E-state index in [1.54, 1.807) is 12.1 Å². The fourth-order valence-corrected chi connectivity index (χ4v) is 3.60. The minimum Gasteiger partial charge on any atom is -0.456 e. The van der Waals surface area contributed by atoms with Gasteiger partial charge in [-0.15, -0.1) is 11.3 Å². The molecule has 134 valence electrons. The summed E-state index contributed by atoms with van der Waals surface area (Å²) < 4.78 is 7.77. The average Bonchev–Trinajstić information content (AvgIpc) is 3.07. The number of ether oxygens (including phenoxy) is 1. The Labute approximate surface area is 158 Å². The minimum atomic E-state index is -0.513. The quantitative estimate of drug-likeness (QED) is 0.403. The van der Waals surface area contributed by atoms with Crippen molar-refractivity contribution in [1.82, 2.24) is 14.4 Å². The number of esters is 1. The Hall–Kier alpha value is -3.32. The van der Waals surface area contributed by atoms with Crippen LogP contribution in [0.1, 0.15) is 16.4 Å². The number of para-hydroxylation sites is 1. The van der Waals surface area contributed by atoms with Crippen molar-refractivity contribution < 1.29 is 9.53 Å². The lowest BCUT2D eigenvalue weighted by molar-refractivity contribution is -0.139. The van der Waals surface area contributed by atoms with Gasteiger partial charge in [-0.2, -0.15) is 0 Å². The lowest BCUT2D eigenvalue weighted by Crippen LogP contribution is -2.18. The van der Waals surface area contributed by atoms with Crippen molar-refractivity contribution >= 4 is 39.2 Å². The fourth-order valence-electron chi connectivity index (χ4n) is 2.73. The van der Waals surface area contributed by atoms with Crippen molar-refractivity contribution in [2.24, 2.45) is 0 Å². The number of fused-ring (bicyclic) bond motifs is 2. The number of pyridine rings is 1. The van der Waals surface area contributed by atoms with Gasteiger partial charge in [-0.25, -0.2) is 14.8 Å². The van der Waals surface area contributed by atoms with E-state index < -0.39 is 5.97 Å². The Morgan fingerprint density at radius 3 is 2.89 bits per heavy atom. The monoisotopic (exact) mass is 377 g/mol. The van der Waals surface area contributed by atoms with Gasteiger partial charge in [-0.3, -0.25) is 9.20 Å². The van der Waals surface area contributed by atoms with Gasteiger partial charge in [0.25, 0.3) is 5.56 Å². The summed E-state index contributed by atoms with van der Waals surface area (Å²) >= 11 is 1.50. The number of aryl methyl sites for hydroxylation is 1. The molecule has 0 bridgehead atoms. The first-order valence-corrected chi connectivity index (χ1v) is 9.10. The molecule has 0 amide bonds. The van der Waals surface area contributed by atoms with E-state index in [0.29, 0.717) is 11.3 Å². The van der Waals surface area contributed by atoms with E-state index >= 15 is 0 Å². The van der Waals surface area contributed by atoms with E-state index in [1.807, 2.05) is 43.3 Å². The molecule has 27 heavy (non-hydrogen) atoms. The van der Waals surface area contributed by atoms with Crippen molar-refractivity contribution in [3.05, 3.63) is 81.4 Å². The van der Waals surface area contributed by atoms with Crippen molar-refractivity contribution in [3.8, 4) is 0 Å². The van der Waals surface area contributed by atoms with Gasteiger partial charge in [0.15, 0.2) is 0 Å². The van der Waals surface area contributed by atoms with Crippen molar-refractivity contribution in [2.75, 3.05) is 0 Å². The van der Waals surface area contributed by atoms with Crippen LogP contribution in [0.2, 0.25) is 0 Å². The molecule has 1 aromatic carbocycles. The summed E-state index contributed by atoms with van der Waals surface area (Å²) in [5.74, 6) is -0.513. The maximum absolute atomic E-state index is 12.2. The third kappa shape index (κ3) is 3.63. The van der Waals surface area contributed by atoms with Crippen LogP contribution < -0.4 is 5.56 Å². The fraction of sp³-hybridized carbons (Fsp3) is 0.100. The van der Waals surface area contributed by atoms with Crippen LogP contribution in [-0.4, -0.2) is 20.3 Å². The van der Waals surface area contributed by atoms with Gasteiger partial charge in [0, 0.05) is 17.8 Å². The summed E-state index contributed by atoms with van der Waals surface area (Å²) in [4.78, 5) is 33.0. The summed E-state index contributed by atoms with van der Waals surface area (Å²) in [6, 6.07) is 14.6. The Morgan fingerprint density at radius 2 is 2.04 bits per heavy atom. The maximum atomic E-state index is 12.2. The highest BCUT2D eigenvalue weighted by Crippen LogP contribution is 2.22. The lowest BCUT2D eigenvalue weighted by Gasteiger charge is -2.06. The summed E-state index contributed by atoms with van der Waals surface area (Å²) in [5.41, 5.74) is 2.43. The zero-order chi connectivity index (χ0) is 18.8. The van der Waals surface area contributed by atoms with E-state index in [0.717, 1.165) is 20.9 Å². The number of nitrogens with zero attached hydrogens (tertiary/aromatic N) is 3. The first-order valence-electron chi connectivity index (χ1n) is 8.29. The molecule has 0 unspecified atom stereocenters. The van der Waals surface area contributed by atoms with Crippen molar-refractivity contribution in [2.45, 2.75) is 13.5 Å². The zero-order valence-corrected chi connectivity index (χ0v) is 15.3. The molecule has 0 saturated heterocycles. The van der Waals surface area contributed by atoms with Crippen LogP contribution in [0.4, 0.5) is 0 Å². The van der Waals surface area contributed by atoms with Crippen LogP contribution in [0.15, 0.2) is 59.4 Å². The molecule has 4 rings (SSSR count). The van der Waals surface area contributed by atoms with Gasteiger partial charge in [0.05, 0.1) is 15.9 Å². The molecule has 4 aromatic rings. The summed E-state index contributed by atoms with van der Waals surface area (Å²) in [6.45, 7) is 1.77. The van der Waals surface area contributed by atoms with Gasteiger partial charge in [0.1, 0.15) is 17.3 Å². The first-order chi connectivity index (χ1) is 13.1. The SMILES string of the molecule is Cc1cccc2nc(COC(=O)/C=C/c3nc4ccccc4s3)cc(=O)n12. The Balaban J connectivity index is 1.46. The van der Waals surface area contributed by atoms with Gasteiger partial charge in [-0.1, -0.05) is 18.2 Å². The Bertz CT molecular complexity index is 1210. The molecular formula is C20H15N3O3S. The highest BCUT2D eigenvalue weighted by molar-refractivity contribution is 7.19. The molecule has 0 fully saturated rings. The molecule has 0 saturated carbocycles. The standard InChI is InChI=1S/C20H15N3O3S/c1-13-5-4-8-17-21-14(11-19(24)23(13)17)12-26-20(25)10-9-18-22-15-6-2-3-7-16(15)27-18/h2-11H,12H2,1H3/b10-9+. The molecule has 0 radical (unpaired) electrons. The van der Waals surface area contributed by atoms with E-state index in [4.69, 9.17) is 4.74 Å². The lowest BCUT2D eigenvalue weighted by atomic mass is 10.3. The highest BCUT2D eigenvalue weighted by Gasteiger charge is 2.07. The van der Waals surface area contributed by atoms with Gasteiger partial charge in [0.2, 0.25) is 0 Å². The third-order valence-corrected chi connectivity index (χ3v) is 4.97. The molecule has 3 aromatic heterocycles. The molecule has 0 N–H and O–H groups in total. The predicted octanol–water partition coefficient (Wildman–Crippen LogP) is 3.37. The number of thiazole rings is 1. The van der Waals surface area contributed by atoms with E-state index in [-0.39, 0.29) is 12.2 Å². The third-order valence-electron chi connectivity index (χ3n) is 3.97. The highest BCUT2D eigenvalue weighted by atomic mass is 32.1. The second-order valence-electron chi connectivity index (χ2n) is 5.91. The van der Waals surface area contributed by atoms with Crippen molar-refractivity contribution in [1.29, 1.82) is 0 Å². The second-order valence-corrected chi connectivity index (χ2v) is 6.97. The average molecular weight is 377 g/mol. The normalized spacial score (nSPS) is 11.4. The van der Waals surface area contributed by atoms with Gasteiger partial charge >= 0.3 is 5.97 Å². The molecule has 6 nitrogen and oxygen atoms in total. The summed E-state index contributed by atoms with van der Waals surface area (Å²) in [6.07, 6.45) is 2.95. The number of carbonyl (C=O) groups excluding carboxylic acids is 1. The molecule has 0 aliphatic rings. The Kier molecular flexibility index (Phi) is 4.52. The van der Waals surface area contributed by atoms with Crippen LogP contribution in [0.3, 0.4) is 0 Å². The molecular weight excluding hydrogens is 362 g/mol. The topological polar surface area (TPSA) is 73.6 Å². The Morgan fingerprint density at radius 1 is 1.19 bits per heavy atom. The molecule has 3 heterocycles. The number of rotatable bonds is 4. The molecule has 0 aliphatic heterocycles. The number of hydrogen-bond acceptors (Lipinski definition) is 6. The molecule has 0 spiro atoms. The number of hydrogen-bond donors (Lipinski definition) is 0. The summed E-state index contributed by atoms with van der Waals surface area (Å²) in [5, 5.41) is 0.727. The number of carbonyl (C=O) groups is 1. The smallest absolute Gasteiger partial charge is 0.331 e. The number of benzene rings is 1. The molecule has 7 heteroatoms. The van der Waals surface area contributed by atoms with Crippen molar-refractivity contribution in [3.63, 3.8) is 0 Å². The molecule has 0 atom stereocenters. The largest absolute Gasteiger partial charge is 0.456 e. The maximum Gasteiger partial charge on any atom is 0.331 e.